The van der Waals surface area contributed by atoms with Gasteiger partial charge in [0, 0.05) is 34.3 Å². The third-order valence-electron chi connectivity index (χ3n) is 5.15. The molecule has 0 aliphatic heterocycles. The molecule has 1 nitrogen and oxygen atoms in total. The van der Waals surface area contributed by atoms with Crippen LogP contribution in [0.4, 0.5) is 27.6 Å². The summed E-state index contributed by atoms with van der Waals surface area (Å²) in [5.74, 6) is -9.63. The van der Waals surface area contributed by atoms with Crippen LogP contribution < -0.4 is 10.6 Å². The summed E-state index contributed by atoms with van der Waals surface area (Å²) in [4.78, 5) is 3.29. The van der Waals surface area contributed by atoms with E-state index in [0.717, 1.165) is 6.21 Å². The largest absolute Gasteiger partial charge is 3.00 e. The van der Waals surface area contributed by atoms with Crippen molar-refractivity contribution in [3.05, 3.63) is 175 Å². The van der Waals surface area contributed by atoms with Gasteiger partial charge >= 0.3 is 34.4 Å². The number of benzene rings is 3. The van der Waals surface area contributed by atoms with E-state index < -0.39 is 42.7 Å². The van der Waals surface area contributed by atoms with Crippen molar-refractivity contribution in [2.24, 2.45) is 4.99 Å². The van der Waals surface area contributed by atoms with Gasteiger partial charge < -0.3 is 22.3 Å². The van der Waals surface area contributed by atoms with E-state index in [1.54, 1.807) is 25.7 Å². The van der Waals surface area contributed by atoms with Gasteiger partial charge in [-0.1, -0.05) is 60.7 Å². The molecule has 2 fully saturated rings. The third kappa shape index (κ3) is 11.5. The number of hydrogen-bond donors (Lipinski definition) is 0. The minimum Gasteiger partial charge on any atom is -0.358 e. The van der Waals surface area contributed by atoms with Gasteiger partial charge in [-0.2, -0.15) is 0 Å². The number of hydrogen-bond acceptors (Lipinski definition) is 1. The molecule has 0 unspecified atom stereocenters. The molecule has 3 aromatic rings. The molecule has 42 heavy (non-hydrogen) atoms. The Morgan fingerprint density at radius 1 is 0.548 bits per heavy atom. The van der Waals surface area contributed by atoms with E-state index in [1.165, 1.54) is 16.3 Å². The summed E-state index contributed by atoms with van der Waals surface area (Å²) in [6.07, 6.45) is 16.1. The standard InChI is InChI=1S/C17H14P.C12H5F5N.3CH3.Al.Fe.Ni/c1-3-9-15(10-4-1)18(17-13-7-8-14-17)16-11-5-2-6-12-16;13-7-8(14)10(16)12(11(17)9(7)15)18-5-6-3-1-2-4-6;;;;;;/h1-14H;1-5H;3*1H3;;;/q;;3*-1;+3;+2;. The first-order valence-electron chi connectivity index (χ1n) is 10.9. The molecule has 0 saturated heterocycles. The summed E-state index contributed by atoms with van der Waals surface area (Å²) < 4.78 is 64.8. The molecule has 0 aromatic heterocycles. The zero-order valence-corrected chi connectivity index (χ0v) is 27.1. The molecule has 10 heteroatoms. The van der Waals surface area contributed by atoms with Crippen LogP contribution in [0.1, 0.15) is 0 Å². The Balaban J connectivity index is -0.000000634. The molecule has 2 aliphatic rings. The minimum absolute atomic E-state index is 0. The molecule has 0 spiro atoms. The van der Waals surface area contributed by atoms with Crippen molar-refractivity contribution < 1.29 is 55.5 Å². The van der Waals surface area contributed by atoms with Crippen molar-refractivity contribution >= 4 is 47.8 Å². The van der Waals surface area contributed by atoms with Crippen molar-refractivity contribution in [1.29, 1.82) is 0 Å². The van der Waals surface area contributed by atoms with Gasteiger partial charge in [-0.05, 0) is 69.9 Å². The first-order chi connectivity index (χ1) is 17.5. The van der Waals surface area contributed by atoms with Crippen LogP contribution in [-0.2, 0) is 33.6 Å². The summed E-state index contributed by atoms with van der Waals surface area (Å²) in [6, 6.07) is 21.6. The maximum Gasteiger partial charge on any atom is 3.00 e. The van der Waals surface area contributed by atoms with Crippen LogP contribution >= 0.6 is 7.92 Å². The molecule has 10 radical (unpaired) electrons. The fourth-order valence-corrected chi connectivity index (χ4v) is 5.74. The second kappa shape index (κ2) is 22.5. The minimum atomic E-state index is -2.20. The SMILES string of the molecule is Fc1c(F)c(F)c(N=C[C]2[CH][CH][CH][CH]2)c(F)c1F.[Al+3].[CH3-].[CH3-].[CH3-].[CH]1[CH][CH][C](P(c2ccccc2)c2ccccc2)[CH]1.[Fe+2].[Ni]. The molecule has 3 aromatic carbocycles. The summed E-state index contributed by atoms with van der Waals surface area (Å²) in [7, 11) is -0.409. The van der Waals surface area contributed by atoms with Crippen LogP contribution in [-0.4, -0.2) is 23.6 Å². The third-order valence-corrected chi connectivity index (χ3v) is 7.59. The fourth-order valence-electron chi connectivity index (χ4n) is 3.43. The number of nitrogens with zero attached hydrogens (tertiary/aromatic N) is 1. The number of aliphatic imine (C=N–C) groups is 1. The number of rotatable bonds is 5. The van der Waals surface area contributed by atoms with Crippen LogP contribution in [0.15, 0.2) is 65.7 Å². The summed E-state index contributed by atoms with van der Waals surface area (Å²) >= 11 is 0. The Bertz CT molecular complexity index is 1110. The molecular weight excluding hydrogens is 666 g/mol. The quantitative estimate of drug-likeness (QED) is 0.0490. The average Bonchev–Trinajstić information content (AvgIpc) is 3.63. The fraction of sp³-hybridized carbons (Fsp3) is 0. The van der Waals surface area contributed by atoms with E-state index in [4.69, 9.17) is 0 Å². The predicted molar refractivity (Wildman–Crippen MR) is 159 cm³/mol. The monoisotopic (exact) mass is 693 g/mol. The van der Waals surface area contributed by atoms with Gasteiger partial charge in [-0.3, -0.25) is 4.99 Å². The van der Waals surface area contributed by atoms with E-state index in [0.29, 0.717) is 5.92 Å². The van der Waals surface area contributed by atoms with E-state index in [-0.39, 0.29) is 73.2 Å². The van der Waals surface area contributed by atoms with Crippen molar-refractivity contribution in [2.75, 3.05) is 0 Å². The molecular formula is C32H28AlF5FeNNiP+2. The number of halogens is 5. The molecule has 5 rings (SSSR count). The van der Waals surface area contributed by atoms with Gasteiger partial charge in [-0.25, -0.2) is 22.0 Å². The first-order valence-corrected chi connectivity index (χ1v) is 12.2. The second-order valence-electron chi connectivity index (χ2n) is 7.54. The van der Waals surface area contributed by atoms with Crippen LogP contribution in [0.25, 0.3) is 0 Å². The van der Waals surface area contributed by atoms with Crippen molar-refractivity contribution in [1.82, 2.24) is 0 Å². The van der Waals surface area contributed by atoms with Crippen molar-refractivity contribution in [3.8, 4) is 0 Å². The van der Waals surface area contributed by atoms with Crippen LogP contribution in [0.2, 0.25) is 0 Å². The molecule has 0 amide bonds. The average molecular weight is 694 g/mol. The maximum absolute atomic E-state index is 13.2. The molecule has 0 heterocycles. The predicted octanol–water partition coefficient (Wildman–Crippen LogP) is 7.94. The Morgan fingerprint density at radius 3 is 1.31 bits per heavy atom. The Morgan fingerprint density at radius 2 is 0.905 bits per heavy atom. The maximum atomic E-state index is 13.2. The second-order valence-corrected chi connectivity index (χ2v) is 9.76. The van der Waals surface area contributed by atoms with Gasteiger partial charge in [-0.15, -0.1) is 0 Å². The summed E-state index contributed by atoms with van der Waals surface area (Å²) in [6.45, 7) is 0. The van der Waals surface area contributed by atoms with E-state index >= 15 is 0 Å². The van der Waals surface area contributed by atoms with Crippen LogP contribution in [0.3, 0.4) is 0 Å². The van der Waals surface area contributed by atoms with E-state index in [9.17, 15) is 22.0 Å². The zero-order valence-electron chi connectivity index (χ0n) is 23.0. The van der Waals surface area contributed by atoms with Crippen LogP contribution in [0, 0.1) is 114 Å². The Hall–Kier alpha value is -1.04. The van der Waals surface area contributed by atoms with E-state index in [2.05, 4.69) is 91.3 Å². The molecule has 2 aliphatic carbocycles. The zero-order chi connectivity index (χ0) is 25.5. The normalized spacial score (nSPS) is 14.2. The first kappa shape index (κ1) is 45.4. The van der Waals surface area contributed by atoms with Gasteiger partial charge in [0.05, 0.1) is 0 Å². The van der Waals surface area contributed by atoms with Gasteiger partial charge in [0.2, 0.25) is 5.82 Å². The van der Waals surface area contributed by atoms with Gasteiger partial charge in [0.25, 0.3) is 0 Å². The van der Waals surface area contributed by atoms with Gasteiger partial charge in [0.1, 0.15) is 5.69 Å². The van der Waals surface area contributed by atoms with Crippen molar-refractivity contribution in [3.63, 3.8) is 0 Å². The Kier molecular flexibility index (Phi) is 24.3. The molecule has 0 atom stereocenters. The van der Waals surface area contributed by atoms with Crippen LogP contribution in [0.5, 0.6) is 0 Å². The summed E-state index contributed by atoms with van der Waals surface area (Å²) in [5, 5.41) is 2.81. The molecule has 2 saturated carbocycles. The molecule has 0 bridgehead atoms. The topological polar surface area (TPSA) is 12.4 Å². The molecule has 220 valence electrons. The van der Waals surface area contributed by atoms with Gasteiger partial charge in [0.15, 0.2) is 23.3 Å². The summed E-state index contributed by atoms with van der Waals surface area (Å²) in [5.41, 5.74) is 0.218. The van der Waals surface area contributed by atoms with Crippen molar-refractivity contribution in [2.45, 2.75) is 0 Å². The van der Waals surface area contributed by atoms with E-state index in [1.807, 2.05) is 0 Å². The molecule has 0 N–H and O–H groups in total. The smallest absolute Gasteiger partial charge is 0.358 e. The Labute approximate surface area is 281 Å².